The number of halogens is 2. The Labute approximate surface area is 199 Å². The van der Waals surface area contributed by atoms with Gasteiger partial charge in [0.2, 0.25) is 0 Å². The highest BCUT2D eigenvalue weighted by Gasteiger charge is 2.27. The monoisotopic (exact) mass is 483 g/mol. The van der Waals surface area contributed by atoms with Crippen LogP contribution < -0.4 is 4.74 Å². The fourth-order valence-electron chi connectivity index (χ4n) is 3.19. The molecule has 0 aliphatic heterocycles. The molecule has 0 radical (unpaired) electrons. The zero-order chi connectivity index (χ0) is 25.2. The fraction of sp³-hybridized carbons (Fsp3) is 0.560. The molecule has 1 atom stereocenters. The minimum atomic E-state index is -2.89. The van der Waals surface area contributed by atoms with E-state index >= 15 is 0 Å². The highest BCUT2D eigenvalue weighted by Crippen LogP contribution is 2.27. The summed E-state index contributed by atoms with van der Waals surface area (Å²) in [7, 11) is 0. The maximum Gasteiger partial charge on any atom is 0.306 e. The molecule has 0 amide bonds. The lowest BCUT2D eigenvalue weighted by Crippen LogP contribution is -2.23. The van der Waals surface area contributed by atoms with E-state index in [1.54, 1.807) is 37.3 Å². The molecule has 1 aromatic carbocycles. The number of rotatable bonds is 13. The lowest BCUT2D eigenvalue weighted by Gasteiger charge is -2.14. The summed E-state index contributed by atoms with van der Waals surface area (Å²) >= 11 is 0. The Hall–Kier alpha value is -2.97. The number of hydrogen-bond acceptors (Lipinski definition) is 6. The van der Waals surface area contributed by atoms with Gasteiger partial charge in [0.05, 0.1) is 0 Å². The van der Waals surface area contributed by atoms with Crippen molar-refractivity contribution in [1.82, 2.24) is 0 Å². The van der Waals surface area contributed by atoms with Crippen LogP contribution in [0, 0.1) is 16.0 Å². The molecule has 0 aromatic heterocycles. The molecule has 7 nitrogen and oxygen atoms in total. The molecule has 1 aromatic rings. The Morgan fingerprint density at radius 3 is 2.56 bits per heavy atom. The average molecular weight is 484 g/mol. The number of carbonyl (C=O) groups is 1. The van der Waals surface area contributed by atoms with Gasteiger partial charge in [-0.2, -0.15) is 8.78 Å². The lowest BCUT2D eigenvalue weighted by atomic mass is 10.1. The molecule has 0 spiro atoms. The van der Waals surface area contributed by atoms with Gasteiger partial charge in [-0.3, -0.25) is 4.79 Å². The molecule has 1 aliphatic rings. The molecule has 34 heavy (non-hydrogen) atoms. The van der Waals surface area contributed by atoms with E-state index in [-0.39, 0.29) is 12.6 Å². The standard InChI is InChI=1S/C15H18F2O.C10H17NO5/c16-15(17,11-10-13-6-4-5-7-13)12-18-14-8-2-1-3-9-14;1-3-4-5-6-7-10(12)16-9(2)8-15-11(13)14/h1-3,8-11,13H,4-7,12H2;3-4,9H,5-8H2,1-2H3/b11-10+;4-3-. The summed E-state index contributed by atoms with van der Waals surface area (Å²) in [5.41, 5.74) is 0. The first-order valence-electron chi connectivity index (χ1n) is 11.5. The van der Waals surface area contributed by atoms with Crippen molar-refractivity contribution in [3.63, 3.8) is 0 Å². The van der Waals surface area contributed by atoms with Gasteiger partial charge in [-0.1, -0.05) is 49.3 Å². The van der Waals surface area contributed by atoms with Gasteiger partial charge < -0.3 is 14.3 Å². The molecule has 0 bridgehead atoms. The molecule has 0 saturated heterocycles. The number of nitrogens with zero attached hydrogens (tertiary/aromatic N) is 1. The highest BCUT2D eigenvalue weighted by atomic mass is 19.3. The maximum absolute atomic E-state index is 13.6. The van der Waals surface area contributed by atoms with Crippen LogP contribution in [0.4, 0.5) is 8.78 Å². The van der Waals surface area contributed by atoms with Gasteiger partial charge in [-0.05, 0) is 63.7 Å². The summed E-state index contributed by atoms with van der Waals surface area (Å²) in [6, 6.07) is 8.71. The van der Waals surface area contributed by atoms with Crippen LogP contribution in [0.5, 0.6) is 5.75 Å². The van der Waals surface area contributed by atoms with E-state index in [0.29, 0.717) is 24.5 Å². The van der Waals surface area contributed by atoms with E-state index in [2.05, 4.69) is 4.84 Å². The Morgan fingerprint density at radius 1 is 1.26 bits per heavy atom. The Morgan fingerprint density at radius 2 is 1.94 bits per heavy atom. The van der Waals surface area contributed by atoms with Crippen LogP contribution >= 0.6 is 0 Å². The van der Waals surface area contributed by atoms with Gasteiger partial charge in [0.15, 0.2) is 6.61 Å². The number of alkyl halides is 2. The number of hydrogen-bond donors (Lipinski definition) is 0. The van der Waals surface area contributed by atoms with E-state index in [1.165, 1.54) is 0 Å². The minimum absolute atomic E-state index is 0.229. The van der Waals surface area contributed by atoms with Crippen LogP contribution in [0.1, 0.15) is 58.8 Å². The zero-order valence-corrected chi connectivity index (χ0v) is 19.9. The first-order chi connectivity index (χ1) is 16.2. The van der Waals surface area contributed by atoms with Crippen molar-refractivity contribution < 1.29 is 33.0 Å². The maximum atomic E-state index is 13.6. The second-order valence-electron chi connectivity index (χ2n) is 8.05. The number of unbranched alkanes of at least 4 members (excludes halogenated alkanes) is 1. The highest BCUT2D eigenvalue weighted by molar-refractivity contribution is 5.69. The predicted molar refractivity (Wildman–Crippen MR) is 125 cm³/mol. The van der Waals surface area contributed by atoms with Crippen LogP contribution in [0.15, 0.2) is 54.6 Å². The predicted octanol–water partition coefficient (Wildman–Crippen LogP) is 6.32. The molecule has 1 fully saturated rings. The summed E-state index contributed by atoms with van der Waals surface area (Å²) in [5, 5.41) is 8.96. The third kappa shape index (κ3) is 15.0. The summed E-state index contributed by atoms with van der Waals surface area (Å²) in [5.74, 6) is -2.44. The molecule has 0 heterocycles. The van der Waals surface area contributed by atoms with Crippen LogP contribution in [0.25, 0.3) is 0 Å². The number of carbonyl (C=O) groups excluding carboxylic acids is 1. The average Bonchev–Trinajstić information content (AvgIpc) is 3.33. The largest absolute Gasteiger partial charge is 0.487 e. The van der Waals surface area contributed by atoms with Gasteiger partial charge in [0.25, 0.3) is 11.0 Å². The molecule has 190 valence electrons. The second-order valence-corrected chi connectivity index (χ2v) is 8.05. The molecular formula is C25H35F2NO6. The normalized spacial score (nSPS) is 15.1. The molecule has 1 aliphatic carbocycles. The van der Waals surface area contributed by atoms with Crippen molar-refractivity contribution in [2.24, 2.45) is 5.92 Å². The van der Waals surface area contributed by atoms with Crippen LogP contribution in [-0.4, -0.2) is 36.3 Å². The van der Waals surface area contributed by atoms with Crippen molar-refractivity contribution in [2.75, 3.05) is 13.2 Å². The lowest BCUT2D eigenvalue weighted by molar-refractivity contribution is -0.759. The molecule has 1 unspecified atom stereocenters. The smallest absolute Gasteiger partial charge is 0.306 e. The Kier molecular flexibility index (Phi) is 14.2. The SMILES string of the molecule is C/C=C\CCCC(=O)OC(C)CO[N+](=O)[O-].FC(F)(/C=C/C1CCCC1)COc1ccccc1. The Bertz CT molecular complexity index is 764. The van der Waals surface area contributed by atoms with Gasteiger partial charge in [0, 0.05) is 6.42 Å². The number of esters is 1. The van der Waals surface area contributed by atoms with Crippen molar-refractivity contribution in [3.05, 3.63) is 64.8 Å². The van der Waals surface area contributed by atoms with E-state index in [4.69, 9.17) is 9.47 Å². The number of allylic oxidation sites excluding steroid dienone is 3. The first-order valence-corrected chi connectivity index (χ1v) is 11.5. The minimum Gasteiger partial charge on any atom is -0.487 e. The molecule has 9 heteroatoms. The van der Waals surface area contributed by atoms with E-state index in [0.717, 1.165) is 38.2 Å². The van der Waals surface area contributed by atoms with Crippen LogP contribution in [0.3, 0.4) is 0 Å². The van der Waals surface area contributed by atoms with Crippen molar-refractivity contribution in [2.45, 2.75) is 70.8 Å². The molecule has 0 N–H and O–H groups in total. The molecular weight excluding hydrogens is 448 g/mol. The van der Waals surface area contributed by atoms with Gasteiger partial charge in [-0.15, -0.1) is 10.1 Å². The summed E-state index contributed by atoms with van der Waals surface area (Å²) in [6.07, 6.45) is 12.2. The molecule has 1 saturated carbocycles. The van der Waals surface area contributed by atoms with E-state index < -0.39 is 23.7 Å². The Balaban J connectivity index is 0.000000344. The summed E-state index contributed by atoms with van der Waals surface area (Å²) in [4.78, 5) is 25.1. The zero-order valence-electron chi connectivity index (χ0n) is 19.9. The van der Waals surface area contributed by atoms with Crippen molar-refractivity contribution >= 4 is 5.97 Å². The third-order valence-electron chi connectivity index (χ3n) is 4.92. The van der Waals surface area contributed by atoms with Gasteiger partial charge in [-0.25, -0.2) is 0 Å². The summed E-state index contributed by atoms with van der Waals surface area (Å²) < 4.78 is 37.1. The van der Waals surface area contributed by atoms with Crippen LogP contribution in [0.2, 0.25) is 0 Å². The van der Waals surface area contributed by atoms with Gasteiger partial charge in [0.1, 0.15) is 18.5 Å². The first kappa shape index (κ1) is 29.1. The molecule has 2 rings (SSSR count). The summed E-state index contributed by atoms with van der Waals surface area (Å²) in [6.45, 7) is 2.64. The van der Waals surface area contributed by atoms with E-state index in [1.807, 2.05) is 25.1 Å². The van der Waals surface area contributed by atoms with Gasteiger partial charge >= 0.3 is 5.97 Å². The van der Waals surface area contributed by atoms with E-state index in [9.17, 15) is 23.7 Å². The number of benzene rings is 1. The quantitative estimate of drug-likeness (QED) is 0.107. The van der Waals surface area contributed by atoms with Crippen molar-refractivity contribution in [3.8, 4) is 5.75 Å². The van der Waals surface area contributed by atoms with Crippen LogP contribution in [-0.2, 0) is 14.4 Å². The second kappa shape index (κ2) is 16.6. The fourth-order valence-corrected chi connectivity index (χ4v) is 3.19. The number of ether oxygens (including phenoxy) is 2. The van der Waals surface area contributed by atoms with Crippen molar-refractivity contribution in [1.29, 1.82) is 0 Å². The number of para-hydroxylation sites is 1. The third-order valence-corrected chi connectivity index (χ3v) is 4.92. The topological polar surface area (TPSA) is 87.9 Å².